The minimum Gasteiger partial charge on any atom is -0.493 e. The second-order valence-electron chi connectivity index (χ2n) is 7.15. The van der Waals surface area contributed by atoms with E-state index in [9.17, 15) is 9.59 Å². The zero-order valence-electron chi connectivity index (χ0n) is 17.7. The van der Waals surface area contributed by atoms with E-state index in [0.717, 1.165) is 4.47 Å². The molecule has 0 aliphatic carbocycles. The highest BCUT2D eigenvalue weighted by molar-refractivity contribution is 9.10. The number of ether oxygens (including phenoxy) is 3. The van der Waals surface area contributed by atoms with Crippen molar-refractivity contribution < 1.29 is 23.8 Å². The van der Waals surface area contributed by atoms with Crippen molar-refractivity contribution in [2.75, 3.05) is 20.8 Å². The number of hydrogen-bond donors (Lipinski definition) is 0. The van der Waals surface area contributed by atoms with E-state index in [1.807, 2.05) is 38.1 Å². The van der Waals surface area contributed by atoms with E-state index in [2.05, 4.69) is 21.0 Å². The van der Waals surface area contributed by atoms with Gasteiger partial charge in [0.05, 0.1) is 26.5 Å². The summed E-state index contributed by atoms with van der Waals surface area (Å²) in [6.07, 6.45) is 0. The van der Waals surface area contributed by atoms with Gasteiger partial charge in [0.15, 0.2) is 5.69 Å². The molecule has 2 aromatic carbocycles. The van der Waals surface area contributed by atoms with E-state index in [-0.39, 0.29) is 17.0 Å². The third-order valence-corrected chi connectivity index (χ3v) is 4.92. The topological polar surface area (TPSA) is 79.7 Å². The fourth-order valence-corrected chi connectivity index (χ4v) is 3.37. The maximum absolute atomic E-state index is 12.8. The second kappa shape index (κ2) is 9.78. The van der Waals surface area contributed by atoms with E-state index >= 15 is 0 Å². The number of halogens is 1. The van der Waals surface area contributed by atoms with Crippen LogP contribution < -0.4 is 4.74 Å². The van der Waals surface area contributed by atoms with Gasteiger partial charge in [-0.15, -0.1) is 0 Å². The van der Waals surface area contributed by atoms with Gasteiger partial charge in [-0.1, -0.05) is 48.0 Å². The lowest BCUT2D eigenvalue weighted by Crippen LogP contribution is -2.15. The summed E-state index contributed by atoms with van der Waals surface area (Å²) >= 11 is 3.47. The molecule has 0 N–H and O–H groups in total. The molecule has 0 saturated carbocycles. The number of rotatable bonds is 7. The summed E-state index contributed by atoms with van der Waals surface area (Å²) in [5.74, 6) is -0.574. The van der Waals surface area contributed by atoms with Gasteiger partial charge in [0.25, 0.3) is 0 Å². The number of para-hydroxylation sites is 1. The fraction of sp³-hybridized carbons (Fsp3) is 0.261. The molecule has 7 nitrogen and oxygen atoms in total. The van der Waals surface area contributed by atoms with Crippen LogP contribution in [0.1, 0.15) is 34.7 Å². The highest BCUT2D eigenvalue weighted by atomic mass is 79.9. The predicted octanol–water partition coefficient (Wildman–Crippen LogP) is 4.91. The van der Waals surface area contributed by atoms with Gasteiger partial charge < -0.3 is 14.2 Å². The predicted molar refractivity (Wildman–Crippen MR) is 120 cm³/mol. The monoisotopic (exact) mass is 486 g/mol. The molecule has 162 valence electrons. The summed E-state index contributed by atoms with van der Waals surface area (Å²) < 4.78 is 18.1. The molecule has 3 rings (SSSR count). The van der Waals surface area contributed by atoms with Crippen molar-refractivity contribution in [1.29, 1.82) is 0 Å². The smallest absolute Gasteiger partial charge is 0.357 e. The van der Waals surface area contributed by atoms with E-state index in [1.54, 1.807) is 24.3 Å². The molecule has 0 unspecified atom stereocenters. The molecule has 8 heteroatoms. The standard InChI is InChI=1S/C23H23BrN2O5/c1-14(2)13-31-18-11-10-15(24)12-17(18)20-19(22(27)29-3)21(23(28)30-4)26(25-20)16-8-6-5-7-9-16/h5-12,14H,13H2,1-4H3. The number of carbonyl (C=O) groups excluding carboxylic acids is 2. The number of nitrogens with zero attached hydrogens (tertiary/aromatic N) is 2. The Morgan fingerprint density at radius 3 is 2.32 bits per heavy atom. The van der Waals surface area contributed by atoms with Crippen LogP contribution in [0.3, 0.4) is 0 Å². The van der Waals surface area contributed by atoms with Gasteiger partial charge in [-0.05, 0) is 36.2 Å². The Balaban J connectivity index is 2.33. The highest BCUT2D eigenvalue weighted by Crippen LogP contribution is 2.37. The third-order valence-electron chi connectivity index (χ3n) is 4.42. The van der Waals surface area contributed by atoms with Crippen LogP contribution in [0.25, 0.3) is 16.9 Å². The molecule has 1 aromatic heterocycles. The summed E-state index contributed by atoms with van der Waals surface area (Å²) in [6.45, 7) is 4.56. The molecule has 3 aromatic rings. The molecule has 0 fully saturated rings. The van der Waals surface area contributed by atoms with Crippen molar-refractivity contribution in [2.24, 2.45) is 5.92 Å². The largest absolute Gasteiger partial charge is 0.493 e. The number of carbonyl (C=O) groups is 2. The summed E-state index contributed by atoms with van der Waals surface area (Å²) in [7, 11) is 2.51. The van der Waals surface area contributed by atoms with Crippen molar-refractivity contribution >= 4 is 27.9 Å². The number of aromatic nitrogens is 2. The minimum atomic E-state index is -0.706. The molecule has 0 radical (unpaired) electrons. The van der Waals surface area contributed by atoms with Gasteiger partial charge in [-0.3, -0.25) is 0 Å². The lowest BCUT2D eigenvalue weighted by atomic mass is 10.0. The zero-order valence-corrected chi connectivity index (χ0v) is 19.3. The van der Waals surface area contributed by atoms with Crippen molar-refractivity contribution in [3.8, 4) is 22.7 Å². The quantitative estimate of drug-likeness (QED) is 0.441. The Morgan fingerprint density at radius 1 is 1.03 bits per heavy atom. The van der Waals surface area contributed by atoms with E-state index in [1.165, 1.54) is 18.9 Å². The molecule has 1 heterocycles. The van der Waals surface area contributed by atoms with Gasteiger partial charge in [-0.25, -0.2) is 14.3 Å². The van der Waals surface area contributed by atoms with Crippen LogP contribution in [0.15, 0.2) is 53.0 Å². The molecule has 0 saturated heterocycles. The molecular formula is C23H23BrN2O5. The SMILES string of the molecule is COC(=O)c1c(-c2cc(Br)ccc2OCC(C)C)nn(-c2ccccc2)c1C(=O)OC. The van der Waals surface area contributed by atoms with E-state index in [4.69, 9.17) is 14.2 Å². The normalized spacial score (nSPS) is 10.8. The summed E-state index contributed by atoms with van der Waals surface area (Å²) in [4.78, 5) is 25.5. The van der Waals surface area contributed by atoms with Crippen LogP contribution in [-0.2, 0) is 9.47 Å². The Hall–Kier alpha value is -3.13. The Labute approximate surface area is 189 Å². The number of esters is 2. The van der Waals surface area contributed by atoms with Crippen LogP contribution in [0.2, 0.25) is 0 Å². The number of benzene rings is 2. The maximum Gasteiger partial charge on any atom is 0.357 e. The molecule has 0 amide bonds. The maximum atomic E-state index is 12.8. The Kier molecular flexibility index (Phi) is 7.12. The van der Waals surface area contributed by atoms with E-state index < -0.39 is 11.9 Å². The number of hydrogen-bond acceptors (Lipinski definition) is 6. The first-order valence-corrected chi connectivity index (χ1v) is 10.4. The average Bonchev–Trinajstić information content (AvgIpc) is 3.18. The van der Waals surface area contributed by atoms with Crippen LogP contribution in [-0.4, -0.2) is 42.5 Å². The molecule has 31 heavy (non-hydrogen) atoms. The number of methoxy groups -OCH3 is 2. The Bertz CT molecular complexity index is 1090. The van der Waals surface area contributed by atoms with Gasteiger partial charge in [-0.2, -0.15) is 5.10 Å². The zero-order chi connectivity index (χ0) is 22.5. The average molecular weight is 487 g/mol. The van der Waals surface area contributed by atoms with Crippen molar-refractivity contribution in [3.63, 3.8) is 0 Å². The summed E-state index contributed by atoms with van der Waals surface area (Å²) in [5, 5.41) is 4.63. The first-order valence-electron chi connectivity index (χ1n) is 9.65. The van der Waals surface area contributed by atoms with Crippen molar-refractivity contribution in [2.45, 2.75) is 13.8 Å². The second-order valence-corrected chi connectivity index (χ2v) is 8.06. The van der Waals surface area contributed by atoms with Crippen LogP contribution in [0.5, 0.6) is 5.75 Å². The molecule has 0 bridgehead atoms. The molecule has 0 aliphatic heterocycles. The fourth-order valence-electron chi connectivity index (χ4n) is 3.01. The lowest BCUT2D eigenvalue weighted by molar-refractivity contribution is 0.0549. The Morgan fingerprint density at radius 2 is 1.71 bits per heavy atom. The third kappa shape index (κ3) is 4.80. The molecule has 0 atom stereocenters. The lowest BCUT2D eigenvalue weighted by Gasteiger charge is -2.13. The van der Waals surface area contributed by atoms with Crippen molar-refractivity contribution in [3.05, 3.63) is 64.3 Å². The van der Waals surface area contributed by atoms with Gasteiger partial charge >= 0.3 is 11.9 Å². The minimum absolute atomic E-state index is 0.00528. The van der Waals surface area contributed by atoms with Crippen molar-refractivity contribution in [1.82, 2.24) is 9.78 Å². The first kappa shape index (κ1) is 22.6. The molecule has 0 spiro atoms. The van der Waals surface area contributed by atoms with Crippen LogP contribution in [0.4, 0.5) is 0 Å². The summed E-state index contributed by atoms with van der Waals surface area (Å²) in [6, 6.07) is 14.5. The van der Waals surface area contributed by atoms with E-state index in [0.29, 0.717) is 29.5 Å². The highest BCUT2D eigenvalue weighted by Gasteiger charge is 2.32. The van der Waals surface area contributed by atoms with Crippen LogP contribution in [0, 0.1) is 5.92 Å². The molecule has 0 aliphatic rings. The summed E-state index contributed by atoms with van der Waals surface area (Å²) in [5.41, 5.74) is 1.39. The van der Waals surface area contributed by atoms with Gasteiger partial charge in [0, 0.05) is 10.0 Å². The first-order chi connectivity index (χ1) is 14.9. The van der Waals surface area contributed by atoms with Gasteiger partial charge in [0.2, 0.25) is 0 Å². The van der Waals surface area contributed by atoms with Gasteiger partial charge in [0.1, 0.15) is 17.0 Å². The van der Waals surface area contributed by atoms with Crippen LogP contribution >= 0.6 is 15.9 Å². The molecular weight excluding hydrogens is 464 g/mol.